The number of hydrogen-bond donors (Lipinski definition) is 0. The molecule has 0 saturated heterocycles. The Morgan fingerprint density at radius 2 is 1.76 bits per heavy atom. The molecule has 0 unspecified atom stereocenters. The van der Waals surface area contributed by atoms with Crippen molar-refractivity contribution in [3.05, 3.63) is 66.0 Å². The first-order valence-corrected chi connectivity index (χ1v) is 5.43. The summed E-state index contributed by atoms with van der Waals surface area (Å²) in [7, 11) is 0. The number of benzene rings is 1. The van der Waals surface area contributed by atoms with Crippen molar-refractivity contribution in [2.24, 2.45) is 0 Å². The predicted molar refractivity (Wildman–Crippen MR) is 64.5 cm³/mol. The van der Waals surface area contributed by atoms with Gasteiger partial charge in [0.1, 0.15) is 6.10 Å². The van der Waals surface area contributed by atoms with Crippen LogP contribution in [-0.2, 0) is 4.74 Å². The zero-order chi connectivity index (χ0) is 12.1. The number of nitrogens with zero attached hydrogens (tertiary/aromatic N) is 1. The lowest BCUT2D eigenvalue weighted by Gasteiger charge is -2.13. The first-order valence-electron chi connectivity index (χ1n) is 5.43. The van der Waals surface area contributed by atoms with Crippen LogP contribution in [0, 0.1) is 0 Å². The zero-order valence-electron chi connectivity index (χ0n) is 9.54. The van der Waals surface area contributed by atoms with Crippen molar-refractivity contribution in [3.63, 3.8) is 0 Å². The van der Waals surface area contributed by atoms with E-state index < -0.39 is 0 Å². The lowest BCUT2D eigenvalue weighted by atomic mass is 10.1. The van der Waals surface area contributed by atoms with E-state index >= 15 is 0 Å². The van der Waals surface area contributed by atoms with Crippen LogP contribution in [0.4, 0.5) is 0 Å². The average molecular weight is 227 g/mol. The number of ether oxygens (including phenoxy) is 1. The number of esters is 1. The molecule has 0 spiro atoms. The van der Waals surface area contributed by atoms with Gasteiger partial charge in [0.15, 0.2) is 0 Å². The predicted octanol–water partition coefficient (Wildman–Crippen LogP) is 3.00. The van der Waals surface area contributed by atoms with Gasteiger partial charge >= 0.3 is 5.97 Å². The first-order chi connectivity index (χ1) is 8.27. The molecule has 2 rings (SSSR count). The van der Waals surface area contributed by atoms with Gasteiger partial charge in [0.2, 0.25) is 0 Å². The van der Waals surface area contributed by atoms with Gasteiger partial charge in [-0.25, -0.2) is 4.79 Å². The minimum absolute atomic E-state index is 0.272. The van der Waals surface area contributed by atoms with E-state index in [0.717, 1.165) is 5.56 Å². The van der Waals surface area contributed by atoms with Crippen LogP contribution in [0.5, 0.6) is 0 Å². The minimum Gasteiger partial charge on any atom is -0.454 e. The summed E-state index contributed by atoms with van der Waals surface area (Å²) in [6, 6.07) is 12.6. The summed E-state index contributed by atoms with van der Waals surface area (Å²) >= 11 is 0. The van der Waals surface area contributed by atoms with Crippen LogP contribution in [0.3, 0.4) is 0 Å². The summed E-state index contributed by atoms with van der Waals surface area (Å²) in [4.78, 5) is 15.7. The molecule has 0 aliphatic rings. The molecular formula is C14H13NO2. The van der Waals surface area contributed by atoms with Crippen LogP contribution in [0.1, 0.15) is 28.9 Å². The van der Waals surface area contributed by atoms with Crippen molar-refractivity contribution < 1.29 is 9.53 Å². The molecule has 0 aliphatic carbocycles. The van der Waals surface area contributed by atoms with E-state index in [1.807, 2.05) is 37.3 Å². The molecule has 0 radical (unpaired) electrons. The molecule has 2 aromatic rings. The van der Waals surface area contributed by atoms with Crippen LogP contribution in [0.15, 0.2) is 54.9 Å². The van der Waals surface area contributed by atoms with Crippen LogP contribution in [-0.4, -0.2) is 11.0 Å². The van der Waals surface area contributed by atoms with Gasteiger partial charge in [0.05, 0.1) is 5.56 Å². The summed E-state index contributed by atoms with van der Waals surface area (Å²) < 4.78 is 5.36. The van der Waals surface area contributed by atoms with Gasteiger partial charge in [-0.15, -0.1) is 0 Å². The monoisotopic (exact) mass is 227 g/mol. The van der Waals surface area contributed by atoms with E-state index in [1.54, 1.807) is 24.5 Å². The molecule has 0 aliphatic heterocycles. The second-order valence-corrected chi connectivity index (χ2v) is 3.69. The third-order valence-electron chi connectivity index (χ3n) is 2.47. The molecule has 1 aromatic heterocycles. The maximum atomic E-state index is 11.8. The zero-order valence-corrected chi connectivity index (χ0v) is 9.54. The second kappa shape index (κ2) is 5.25. The third kappa shape index (κ3) is 2.91. The van der Waals surface area contributed by atoms with Crippen LogP contribution < -0.4 is 0 Å². The highest BCUT2D eigenvalue weighted by Gasteiger charge is 2.12. The Balaban J connectivity index is 2.05. The van der Waals surface area contributed by atoms with E-state index in [2.05, 4.69) is 4.98 Å². The molecule has 0 saturated carbocycles. The summed E-state index contributed by atoms with van der Waals surface area (Å²) in [5, 5.41) is 0. The Labute approximate surface area is 100 Å². The van der Waals surface area contributed by atoms with Crippen LogP contribution >= 0.6 is 0 Å². The Hall–Kier alpha value is -2.16. The maximum Gasteiger partial charge on any atom is 0.338 e. The number of carbonyl (C=O) groups excluding carboxylic acids is 1. The Morgan fingerprint density at radius 1 is 1.12 bits per heavy atom. The van der Waals surface area contributed by atoms with Gasteiger partial charge in [-0.05, 0) is 36.8 Å². The van der Waals surface area contributed by atoms with Crippen molar-refractivity contribution in [2.75, 3.05) is 0 Å². The van der Waals surface area contributed by atoms with Gasteiger partial charge < -0.3 is 4.74 Å². The quantitative estimate of drug-likeness (QED) is 0.757. The standard InChI is InChI=1S/C14H13NO2/c1-11(12-7-9-15-10-8-12)17-14(16)13-5-3-2-4-6-13/h2-11H,1H3/t11-/m0/s1. The number of aromatic nitrogens is 1. The van der Waals surface area contributed by atoms with Crippen molar-refractivity contribution in [1.29, 1.82) is 0 Å². The molecule has 1 atom stereocenters. The molecule has 1 heterocycles. The van der Waals surface area contributed by atoms with Crippen molar-refractivity contribution in [2.45, 2.75) is 13.0 Å². The summed E-state index contributed by atoms with van der Waals surface area (Å²) in [5.74, 6) is -0.310. The van der Waals surface area contributed by atoms with Gasteiger partial charge in [-0.1, -0.05) is 18.2 Å². The van der Waals surface area contributed by atoms with Gasteiger partial charge in [0.25, 0.3) is 0 Å². The molecule has 0 N–H and O–H groups in total. The fourth-order valence-electron chi connectivity index (χ4n) is 1.51. The minimum atomic E-state index is -0.310. The summed E-state index contributed by atoms with van der Waals surface area (Å²) in [6.45, 7) is 1.84. The largest absolute Gasteiger partial charge is 0.454 e. The lowest BCUT2D eigenvalue weighted by Crippen LogP contribution is -2.09. The molecule has 0 bridgehead atoms. The molecule has 1 aromatic carbocycles. The van der Waals surface area contributed by atoms with E-state index in [-0.39, 0.29) is 12.1 Å². The van der Waals surface area contributed by atoms with Gasteiger partial charge in [-0.2, -0.15) is 0 Å². The maximum absolute atomic E-state index is 11.8. The molecule has 17 heavy (non-hydrogen) atoms. The highest BCUT2D eigenvalue weighted by molar-refractivity contribution is 5.89. The fourth-order valence-corrected chi connectivity index (χ4v) is 1.51. The second-order valence-electron chi connectivity index (χ2n) is 3.69. The van der Waals surface area contributed by atoms with Crippen LogP contribution in [0.2, 0.25) is 0 Å². The topological polar surface area (TPSA) is 39.2 Å². The fraction of sp³-hybridized carbons (Fsp3) is 0.143. The van der Waals surface area contributed by atoms with E-state index in [9.17, 15) is 4.79 Å². The normalized spacial score (nSPS) is 11.8. The first kappa shape index (κ1) is 11.3. The Bertz CT molecular complexity index is 482. The SMILES string of the molecule is C[C@H](OC(=O)c1ccccc1)c1ccncc1. The Morgan fingerprint density at radius 3 is 2.41 bits per heavy atom. The van der Waals surface area contributed by atoms with E-state index in [0.29, 0.717) is 5.56 Å². The van der Waals surface area contributed by atoms with Gasteiger partial charge in [-0.3, -0.25) is 4.98 Å². The smallest absolute Gasteiger partial charge is 0.338 e. The van der Waals surface area contributed by atoms with Crippen molar-refractivity contribution in [1.82, 2.24) is 4.98 Å². The van der Waals surface area contributed by atoms with Gasteiger partial charge in [0, 0.05) is 12.4 Å². The molecule has 0 amide bonds. The highest BCUT2D eigenvalue weighted by Crippen LogP contribution is 2.17. The summed E-state index contributed by atoms with van der Waals surface area (Å²) in [6.07, 6.45) is 3.09. The number of hydrogen-bond acceptors (Lipinski definition) is 3. The van der Waals surface area contributed by atoms with Crippen LogP contribution in [0.25, 0.3) is 0 Å². The molecule has 86 valence electrons. The average Bonchev–Trinajstić information content (AvgIpc) is 2.40. The van der Waals surface area contributed by atoms with E-state index in [4.69, 9.17) is 4.74 Å². The van der Waals surface area contributed by atoms with E-state index in [1.165, 1.54) is 0 Å². The number of rotatable bonds is 3. The van der Waals surface area contributed by atoms with Crippen molar-refractivity contribution in [3.8, 4) is 0 Å². The molecule has 3 nitrogen and oxygen atoms in total. The molecule has 0 fully saturated rings. The number of carbonyl (C=O) groups is 1. The number of pyridine rings is 1. The molecular weight excluding hydrogens is 214 g/mol. The lowest BCUT2D eigenvalue weighted by molar-refractivity contribution is 0.0337. The summed E-state index contributed by atoms with van der Waals surface area (Å²) in [5.41, 5.74) is 1.50. The third-order valence-corrected chi connectivity index (χ3v) is 2.47. The highest BCUT2D eigenvalue weighted by atomic mass is 16.5. The van der Waals surface area contributed by atoms with Crippen molar-refractivity contribution >= 4 is 5.97 Å². The molecule has 3 heteroatoms. The Kier molecular flexibility index (Phi) is 3.50.